The lowest BCUT2D eigenvalue weighted by atomic mass is 9.86. The molecule has 0 aliphatic heterocycles. The molecule has 1 unspecified atom stereocenters. The zero-order valence-electron chi connectivity index (χ0n) is 18.5. The van der Waals surface area contributed by atoms with E-state index in [1.807, 2.05) is 18.2 Å². The predicted octanol–water partition coefficient (Wildman–Crippen LogP) is 4.16. The molecule has 0 radical (unpaired) electrons. The lowest BCUT2D eigenvalue weighted by Crippen LogP contribution is -2.33. The Labute approximate surface area is 202 Å². The SMILES string of the molecule is O=C(NCc1cccc(F)c1)C1CCc2[nH]c3ncnc(Nc4ccc5[nH]c(=O)sc5c4)c3c2C1. The third-order valence-electron chi connectivity index (χ3n) is 6.39. The molecule has 35 heavy (non-hydrogen) atoms. The van der Waals surface area contributed by atoms with Crippen LogP contribution in [-0.2, 0) is 24.2 Å². The molecule has 10 heteroatoms. The molecule has 3 aromatic heterocycles. The highest BCUT2D eigenvalue weighted by molar-refractivity contribution is 7.16. The molecule has 0 saturated carbocycles. The molecule has 6 rings (SSSR count). The fraction of sp³-hybridized carbons (Fsp3) is 0.200. The number of nitrogens with one attached hydrogen (secondary N) is 4. The van der Waals surface area contributed by atoms with Crippen molar-refractivity contribution in [1.29, 1.82) is 0 Å². The molecule has 3 heterocycles. The number of carbonyl (C=O) groups is 1. The van der Waals surface area contributed by atoms with Gasteiger partial charge in [0.05, 0.1) is 15.6 Å². The molecule has 2 aromatic carbocycles. The van der Waals surface area contributed by atoms with Gasteiger partial charge < -0.3 is 20.6 Å². The molecule has 1 aliphatic carbocycles. The predicted molar refractivity (Wildman–Crippen MR) is 133 cm³/mol. The van der Waals surface area contributed by atoms with Crippen molar-refractivity contribution >= 4 is 50.0 Å². The Hall–Kier alpha value is -4.05. The normalized spacial score (nSPS) is 15.3. The molecule has 0 bridgehead atoms. The number of halogens is 1. The number of fused-ring (bicyclic) bond motifs is 4. The van der Waals surface area contributed by atoms with Crippen molar-refractivity contribution in [2.75, 3.05) is 5.32 Å². The zero-order chi connectivity index (χ0) is 23.9. The van der Waals surface area contributed by atoms with Gasteiger partial charge in [0.25, 0.3) is 0 Å². The third-order valence-corrected chi connectivity index (χ3v) is 7.23. The molecule has 176 valence electrons. The largest absolute Gasteiger partial charge is 0.352 e. The molecular formula is C25H21FN6O2S. The quantitative estimate of drug-likeness (QED) is 0.296. The summed E-state index contributed by atoms with van der Waals surface area (Å²) in [6.07, 6.45) is 3.51. The van der Waals surface area contributed by atoms with Gasteiger partial charge in [-0.1, -0.05) is 23.5 Å². The Morgan fingerprint density at radius 1 is 1.17 bits per heavy atom. The maximum Gasteiger partial charge on any atom is 0.305 e. The molecule has 5 aromatic rings. The topological polar surface area (TPSA) is 116 Å². The third kappa shape index (κ3) is 4.17. The smallest absolute Gasteiger partial charge is 0.305 e. The lowest BCUT2D eigenvalue weighted by molar-refractivity contribution is -0.125. The van der Waals surface area contributed by atoms with Crippen LogP contribution in [0.15, 0.2) is 53.6 Å². The van der Waals surface area contributed by atoms with Crippen LogP contribution in [0.25, 0.3) is 21.3 Å². The van der Waals surface area contributed by atoms with E-state index in [1.165, 1.54) is 18.5 Å². The first-order valence-electron chi connectivity index (χ1n) is 11.3. The molecule has 1 atom stereocenters. The van der Waals surface area contributed by atoms with Crippen LogP contribution in [0.2, 0.25) is 0 Å². The van der Waals surface area contributed by atoms with Gasteiger partial charge in [-0.15, -0.1) is 0 Å². The molecule has 8 nitrogen and oxygen atoms in total. The minimum Gasteiger partial charge on any atom is -0.352 e. The van der Waals surface area contributed by atoms with Gasteiger partial charge in [-0.25, -0.2) is 14.4 Å². The van der Waals surface area contributed by atoms with E-state index in [1.54, 1.807) is 12.1 Å². The molecule has 1 amide bonds. The van der Waals surface area contributed by atoms with Gasteiger partial charge in [-0.2, -0.15) is 0 Å². The maximum atomic E-state index is 13.4. The van der Waals surface area contributed by atoms with Crippen LogP contribution in [0, 0.1) is 11.7 Å². The van der Waals surface area contributed by atoms with Crippen molar-refractivity contribution in [2.45, 2.75) is 25.8 Å². The maximum absolute atomic E-state index is 13.4. The first kappa shape index (κ1) is 21.5. The number of carbonyl (C=O) groups excluding carboxylic acids is 1. The van der Waals surface area contributed by atoms with Crippen LogP contribution in [0.4, 0.5) is 15.9 Å². The van der Waals surface area contributed by atoms with Gasteiger partial charge in [0, 0.05) is 23.8 Å². The van der Waals surface area contributed by atoms with E-state index in [2.05, 4.69) is 30.6 Å². The molecular weight excluding hydrogens is 467 g/mol. The Bertz CT molecular complexity index is 1640. The van der Waals surface area contributed by atoms with Gasteiger partial charge in [-0.3, -0.25) is 9.59 Å². The number of aromatic amines is 2. The van der Waals surface area contributed by atoms with E-state index < -0.39 is 0 Å². The summed E-state index contributed by atoms with van der Waals surface area (Å²) in [5.74, 6) is 0.0864. The first-order chi connectivity index (χ1) is 17.0. The van der Waals surface area contributed by atoms with Crippen molar-refractivity contribution in [3.63, 3.8) is 0 Å². The summed E-state index contributed by atoms with van der Waals surface area (Å²) in [6, 6.07) is 11.9. The average Bonchev–Trinajstić information content (AvgIpc) is 3.41. The van der Waals surface area contributed by atoms with Crippen molar-refractivity contribution < 1.29 is 9.18 Å². The number of rotatable bonds is 5. The van der Waals surface area contributed by atoms with Crippen molar-refractivity contribution in [3.8, 4) is 0 Å². The Kier molecular flexibility index (Phi) is 5.29. The summed E-state index contributed by atoms with van der Waals surface area (Å²) in [4.78, 5) is 39.6. The molecule has 4 N–H and O–H groups in total. The summed E-state index contributed by atoms with van der Waals surface area (Å²) in [5, 5.41) is 7.18. The number of H-pyrrole nitrogens is 2. The Morgan fingerprint density at radius 3 is 2.97 bits per heavy atom. The zero-order valence-corrected chi connectivity index (χ0v) is 19.3. The highest BCUT2D eigenvalue weighted by Crippen LogP contribution is 2.35. The van der Waals surface area contributed by atoms with E-state index >= 15 is 0 Å². The van der Waals surface area contributed by atoms with E-state index in [4.69, 9.17) is 0 Å². The summed E-state index contributed by atoms with van der Waals surface area (Å²) in [6.45, 7) is 0.289. The fourth-order valence-electron chi connectivity index (χ4n) is 4.70. The Morgan fingerprint density at radius 2 is 2.09 bits per heavy atom. The number of hydrogen-bond acceptors (Lipinski definition) is 6. The Balaban J connectivity index is 1.25. The van der Waals surface area contributed by atoms with Crippen molar-refractivity contribution in [2.24, 2.45) is 5.92 Å². The summed E-state index contributed by atoms with van der Waals surface area (Å²) >= 11 is 1.16. The number of aromatic nitrogens is 4. The highest BCUT2D eigenvalue weighted by atomic mass is 32.1. The van der Waals surface area contributed by atoms with Crippen molar-refractivity contribution in [3.05, 3.63) is 81.1 Å². The second kappa shape index (κ2) is 8.62. The number of thiazole rings is 1. The standard InChI is InChI=1S/C25H21FN6O2S/c26-15-3-1-2-13(8-15)11-27-24(33)14-4-6-18-17(9-14)21-22(28-12-29-23(21)31-18)30-16-5-7-19-20(10-16)35-25(34)32-19/h1-3,5,7-8,10,12,14H,4,6,9,11H2,(H,27,33)(H,32,34)(H2,28,29,30,31). The molecule has 0 saturated heterocycles. The van der Waals surface area contributed by atoms with Gasteiger partial charge >= 0.3 is 4.87 Å². The number of amides is 1. The number of nitrogens with zero attached hydrogens (tertiary/aromatic N) is 2. The number of hydrogen-bond donors (Lipinski definition) is 4. The van der Waals surface area contributed by atoms with Gasteiger partial charge in [0.2, 0.25) is 5.91 Å². The number of benzene rings is 2. The van der Waals surface area contributed by atoms with Crippen LogP contribution < -0.4 is 15.5 Å². The van der Waals surface area contributed by atoms with Gasteiger partial charge in [0.15, 0.2) is 0 Å². The lowest BCUT2D eigenvalue weighted by Gasteiger charge is -2.22. The van der Waals surface area contributed by atoms with Crippen LogP contribution in [0.3, 0.4) is 0 Å². The van der Waals surface area contributed by atoms with Crippen LogP contribution in [0.1, 0.15) is 23.2 Å². The summed E-state index contributed by atoms with van der Waals surface area (Å²) < 4.78 is 14.3. The monoisotopic (exact) mass is 488 g/mol. The molecule has 1 aliphatic rings. The van der Waals surface area contributed by atoms with E-state index in [0.717, 1.165) is 61.5 Å². The van der Waals surface area contributed by atoms with Crippen molar-refractivity contribution in [1.82, 2.24) is 25.3 Å². The van der Waals surface area contributed by atoms with E-state index in [0.29, 0.717) is 18.7 Å². The summed E-state index contributed by atoms with van der Waals surface area (Å²) in [7, 11) is 0. The summed E-state index contributed by atoms with van der Waals surface area (Å²) in [5.41, 5.74) is 5.16. The minimum absolute atomic E-state index is 0.0477. The first-order valence-corrected chi connectivity index (χ1v) is 12.1. The highest BCUT2D eigenvalue weighted by Gasteiger charge is 2.29. The second-order valence-electron chi connectivity index (χ2n) is 8.67. The minimum atomic E-state index is -0.317. The van der Waals surface area contributed by atoms with Gasteiger partial charge in [-0.05, 0) is 60.7 Å². The number of anilines is 2. The fourth-order valence-corrected chi connectivity index (χ4v) is 5.48. The molecule has 0 spiro atoms. The van der Waals surface area contributed by atoms with Crippen LogP contribution in [-0.4, -0.2) is 25.8 Å². The van der Waals surface area contributed by atoms with Crippen LogP contribution in [0.5, 0.6) is 0 Å². The van der Waals surface area contributed by atoms with Crippen LogP contribution >= 0.6 is 11.3 Å². The second-order valence-corrected chi connectivity index (χ2v) is 9.68. The van der Waals surface area contributed by atoms with Gasteiger partial charge in [0.1, 0.15) is 23.6 Å². The van der Waals surface area contributed by atoms with E-state index in [-0.39, 0.29) is 29.1 Å². The van der Waals surface area contributed by atoms with E-state index in [9.17, 15) is 14.0 Å². The number of aryl methyl sites for hydroxylation is 1. The average molecular weight is 489 g/mol. The molecule has 0 fully saturated rings.